The predicted molar refractivity (Wildman–Crippen MR) is 65.8 cm³/mol. The van der Waals surface area contributed by atoms with Crippen LogP contribution in [0.1, 0.15) is 11.1 Å². The van der Waals surface area contributed by atoms with Gasteiger partial charge in [0.05, 0.1) is 0 Å². The van der Waals surface area contributed by atoms with E-state index in [9.17, 15) is 0 Å². The van der Waals surface area contributed by atoms with Gasteiger partial charge in [-0.3, -0.25) is 0 Å². The molecule has 0 aliphatic rings. The van der Waals surface area contributed by atoms with E-state index in [4.69, 9.17) is 23.3 Å². The van der Waals surface area contributed by atoms with Gasteiger partial charge >= 0.3 is 56.5 Å². The van der Waals surface area contributed by atoms with E-state index >= 15 is 0 Å². The maximum atomic E-state index is 7.50. The maximum absolute atomic E-state index is 7.50. The van der Waals surface area contributed by atoms with Gasteiger partial charge in [-0.2, -0.15) is 0 Å². The van der Waals surface area contributed by atoms with Gasteiger partial charge < -0.3 is 0 Å². The Balaban J connectivity index is -0.0000000384. The minimum atomic E-state index is 0. The SMILES string of the molecule is Cc1cpc(Br)cc1C.[C-]#[O+].[C-]#[O+].[C-]#[O+].[C-]#[O+].[C-]#[O+].[W]. The van der Waals surface area contributed by atoms with Crippen molar-refractivity contribution in [2.75, 3.05) is 0 Å². The second kappa shape index (κ2) is 42.8. The fourth-order valence-electron chi connectivity index (χ4n) is 0.590. The summed E-state index contributed by atoms with van der Waals surface area (Å²) in [5.74, 6) is 2.21. The summed E-state index contributed by atoms with van der Waals surface area (Å²) in [6, 6.07) is 2.16. The number of aryl methyl sites for hydroxylation is 2. The molecule has 0 saturated carbocycles. The Morgan fingerprint density at radius 2 is 1.10 bits per heavy atom. The number of hydrogen-bond acceptors (Lipinski definition) is 0. The van der Waals surface area contributed by atoms with Crippen LogP contribution in [0.5, 0.6) is 0 Å². The van der Waals surface area contributed by atoms with Gasteiger partial charge in [0.1, 0.15) is 0 Å². The fraction of sp³-hybridized carbons (Fsp3) is 0.167. The molecule has 0 atom stereocenters. The molecule has 1 aromatic rings. The van der Waals surface area contributed by atoms with Crippen LogP contribution in [0, 0.1) is 47.1 Å². The molecule has 1 heterocycles. The second-order valence-electron chi connectivity index (χ2n) is 2.09. The molecule has 0 radical (unpaired) electrons. The smallest absolute Gasteiger partial charge is 0 e. The Kier molecular flexibility index (Phi) is 78.4. The fourth-order valence-corrected chi connectivity index (χ4v) is 2.03. The molecule has 8 heteroatoms. The molecular weight excluding hydrogens is 519 g/mol. The average Bonchev–Trinajstić information content (AvgIpc) is 2.53. The topological polar surface area (TPSA) is 99.5 Å². The zero-order valence-electron chi connectivity index (χ0n) is 10.4. The van der Waals surface area contributed by atoms with Crippen molar-refractivity contribution in [2.45, 2.75) is 13.8 Å². The molecule has 0 N–H and O–H groups in total. The Labute approximate surface area is 142 Å². The summed E-state index contributed by atoms with van der Waals surface area (Å²) >= 11 is 3.44. The van der Waals surface area contributed by atoms with E-state index in [1.165, 1.54) is 23.5 Å². The van der Waals surface area contributed by atoms with Crippen LogP contribution in [-0.2, 0) is 44.3 Å². The zero-order chi connectivity index (χ0) is 16.9. The largest absolute Gasteiger partial charge is 0 e. The first-order valence-electron chi connectivity index (χ1n) is 3.81. The molecule has 0 unspecified atom stereocenters. The van der Waals surface area contributed by atoms with E-state index in [0.29, 0.717) is 0 Å². The first-order valence-corrected chi connectivity index (χ1v) is 5.56. The van der Waals surface area contributed by atoms with Crippen molar-refractivity contribution in [3.63, 3.8) is 0 Å². The molecule has 1 aromatic heterocycles. The van der Waals surface area contributed by atoms with Gasteiger partial charge in [-0.15, -0.1) is 0 Å². The molecule has 5 nitrogen and oxygen atoms in total. The van der Waals surface area contributed by atoms with E-state index in [2.05, 4.69) is 74.9 Å². The van der Waals surface area contributed by atoms with Crippen molar-refractivity contribution < 1.29 is 44.3 Å². The van der Waals surface area contributed by atoms with Gasteiger partial charge in [-0.05, 0) is 52.8 Å². The number of hydrogen-bond donors (Lipinski definition) is 0. The summed E-state index contributed by atoms with van der Waals surface area (Å²) in [5, 5.41) is 0. The third-order valence-electron chi connectivity index (χ3n) is 1.34. The Bertz CT molecular complexity index is 378. The molecule has 1 rings (SSSR count). The molecule has 0 aliphatic heterocycles. The number of rotatable bonds is 0. The summed E-state index contributed by atoms with van der Waals surface area (Å²) in [4.78, 5) is 0. The van der Waals surface area contributed by atoms with Crippen LogP contribution in [0.4, 0.5) is 0 Å². The van der Waals surface area contributed by atoms with Gasteiger partial charge in [0.2, 0.25) is 0 Å². The molecule has 0 aromatic carbocycles. The van der Waals surface area contributed by atoms with Crippen molar-refractivity contribution in [1.29, 1.82) is 0 Å². The minimum absolute atomic E-state index is 0. The van der Waals surface area contributed by atoms with E-state index in [-0.39, 0.29) is 21.1 Å². The molecule has 0 spiro atoms. The summed E-state index contributed by atoms with van der Waals surface area (Å²) in [6.07, 6.45) is 0. The van der Waals surface area contributed by atoms with Crippen LogP contribution in [0.15, 0.2) is 16.1 Å². The Hall–Kier alpha value is -0.482. The van der Waals surface area contributed by atoms with E-state index in [1.54, 1.807) is 0 Å². The van der Waals surface area contributed by atoms with Gasteiger partial charge in [0.15, 0.2) is 0 Å². The zero-order valence-corrected chi connectivity index (χ0v) is 15.8. The minimum Gasteiger partial charge on any atom is 0 e. The van der Waals surface area contributed by atoms with E-state index < -0.39 is 0 Å². The summed E-state index contributed by atoms with van der Waals surface area (Å²) in [6.45, 7) is 26.8. The van der Waals surface area contributed by atoms with Gasteiger partial charge in [0.25, 0.3) is 0 Å². The molecule has 104 valence electrons. The molecular formula is C12H8BrO5PW. The van der Waals surface area contributed by atoms with Crippen molar-refractivity contribution in [2.24, 2.45) is 0 Å². The van der Waals surface area contributed by atoms with Crippen LogP contribution < -0.4 is 0 Å². The molecule has 20 heavy (non-hydrogen) atoms. The van der Waals surface area contributed by atoms with Crippen molar-refractivity contribution in [1.82, 2.24) is 0 Å². The Morgan fingerprint density at radius 3 is 1.30 bits per heavy atom. The van der Waals surface area contributed by atoms with Gasteiger partial charge in [-0.1, -0.05) is 8.19 Å². The normalized spacial score (nSPS) is 5.25. The van der Waals surface area contributed by atoms with Gasteiger partial charge in [0, 0.05) is 25.3 Å². The van der Waals surface area contributed by atoms with Gasteiger partial charge in [-0.25, -0.2) is 0 Å². The molecule has 0 amide bonds. The van der Waals surface area contributed by atoms with Crippen LogP contribution in [0.3, 0.4) is 0 Å². The van der Waals surface area contributed by atoms with Crippen LogP contribution in [-0.4, -0.2) is 0 Å². The number of halogens is 1. The van der Waals surface area contributed by atoms with Crippen LogP contribution >= 0.6 is 24.1 Å². The first kappa shape index (κ1) is 36.6. The van der Waals surface area contributed by atoms with E-state index in [0.717, 1.165) is 0 Å². The molecule has 0 saturated heterocycles. The molecule has 0 fully saturated rings. The standard InChI is InChI=1S/C7H8BrP.5CO.W/c1-5-3-7(8)9-4-6(5)2;5*1-2;/h3-4H,1-2H3;;;;;;. The van der Waals surface area contributed by atoms with Crippen LogP contribution in [0.25, 0.3) is 0 Å². The van der Waals surface area contributed by atoms with Crippen LogP contribution in [0.2, 0.25) is 0 Å². The van der Waals surface area contributed by atoms with Crippen molar-refractivity contribution in [3.8, 4) is 0 Å². The second-order valence-corrected chi connectivity index (χ2v) is 4.56. The quantitative estimate of drug-likeness (QED) is 0.365. The predicted octanol–water partition coefficient (Wildman–Crippen LogP) is 3.46. The maximum Gasteiger partial charge on any atom is 0 e. The molecule has 0 bridgehead atoms. The first-order chi connectivity index (χ1) is 9.20. The summed E-state index contributed by atoms with van der Waals surface area (Å²) < 4.78 is 38.8. The third kappa shape index (κ3) is 30.5. The monoisotopic (exact) mass is 526 g/mol. The average molecular weight is 527 g/mol. The van der Waals surface area contributed by atoms with Crippen molar-refractivity contribution >= 4 is 24.1 Å². The Morgan fingerprint density at radius 1 is 0.800 bits per heavy atom. The summed E-state index contributed by atoms with van der Waals surface area (Å²) in [7, 11) is 1.28. The van der Waals surface area contributed by atoms with Crippen molar-refractivity contribution in [3.05, 3.63) is 60.4 Å². The van der Waals surface area contributed by atoms with E-state index in [1.807, 2.05) is 0 Å². The molecule has 0 aliphatic carbocycles. The summed E-state index contributed by atoms with van der Waals surface area (Å²) in [5.41, 5.74) is 2.75. The third-order valence-corrected chi connectivity index (χ3v) is 3.07.